The summed E-state index contributed by atoms with van der Waals surface area (Å²) in [6.07, 6.45) is 15.9. The quantitative estimate of drug-likeness (QED) is 0.358. The number of hydrogen-bond acceptors (Lipinski definition) is 5. The van der Waals surface area contributed by atoms with Crippen LogP contribution in [0.5, 0.6) is 0 Å². The summed E-state index contributed by atoms with van der Waals surface area (Å²) in [6, 6.07) is 0. The number of carbonyl (C=O) groups is 1. The van der Waals surface area contributed by atoms with E-state index in [1.54, 1.807) is 6.08 Å². The monoisotopic (exact) mass is 394 g/mol. The highest BCUT2D eigenvalue weighted by molar-refractivity contribution is 5.66. The molecule has 0 radical (unpaired) electrons. The molecule has 1 aliphatic heterocycles. The molecule has 0 amide bonds. The molecule has 6 nitrogen and oxygen atoms in total. The second-order valence-electron chi connectivity index (χ2n) is 6.92. The minimum atomic E-state index is -0.837. The van der Waals surface area contributed by atoms with Crippen molar-refractivity contribution in [3.05, 3.63) is 48.6 Å². The largest absolute Gasteiger partial charge is 0.481 e. The van der Waals surface area contributed by atoms with Crippen LogP contribution in [0.25, 0.3) is 0 Å². The fraction of sp³-hybridized carbons (Fsp3) is 0.591. The van der Waals surface area contributed by atoms with Crippen molar-refractivity contribution >= 4 is 5.97 Å². The Morgan fingerprint density at radius 1 is 1.07 bits per heavy atom. The zero-order chi connectivity index (χ0) is 20.8. The molecule has 1 saturated heterocycles. The lowest BCUT2D eigenvalue weighted by Gasteiger charge is -2.16. The number of rotatable bonds is 13. The lowest BCUT2D eigenvalue weighted by molar-refractivity contribution is -0.136. The maximum absolute atomic E-state index is 10.4. The SMILES string of the molecule is CC[C@H](O)/C=C/[C@H](O)[C@H]1C[C@H](O)[C@@H](C/C=C\C/C=C\C/C=C\CCC(=O)O)O1. The van der Waals surface area contributed by atoms with E-state index in [0.29, 0.717) is 25.7 Å². The van der Waals surface area contributed by atoms with Crippen LogP contribution >= 0.6 is 0 Å². The molecule has 158 valence electrons. The predicted molar refractivity (Wildman–Crippen MR) is 109 cm³/mol. The van der Waals surface area contributed by atoms with E-state index >= 15 is 0 Å². The second kappa shape index (κ2) is 14.3. The first kappa shape index (κ1) is 24.3. The number of aliphatic hydroxyl groups excluding tert-OH is 3. The van der Waals surface area contributed by atoms with Crippen LogP contribution in [0.2, 0.25) is 0 Å². The van der Waals surface area contributed by atoms with Gasteiger partial charge in [-0.3, -0.25) is 4.79 Å². The van der Waals surface area contributed by atoms with Gasteiger partial charge < -0.3 is 25.2 Å². The molecule has 28 heavy (non-hydrogen) atoms. The van der Waals surface area contributed by atoms with Crippen LogP contribution in [-0.4, -0.2) is 56.9 Å². The molecule has 0 aromatic rings. The van der Waals surface area contributed by atoms with Crippen molar-refractivity contribution in [2.24, 2.45) is 0 Å². The van der Waals surface area contributed by atoms with Crippen molar-refractivity contribution in [2.75, 3.05) is 0 Å². The summed E-state index contributed by atoms with van der Waals surface area (Å²) in [5, 5.41) is 38.2. The van der Waals surface area contributed by atoms with Crippen molar-refractivity contribution in [1.29, 1.82) is 0 Å². The molecule has 1 fully saturated rings. The maximum Gasteiger partial charge on any atom is 0.303 e. The van der Waals surface area contributed by atoms with Crippen LogP contribution in [0.4, 0.5) is 0 Å². The number of hydrogen-bond donors (Lipinski definition) is 4. The van der Waals surface area contributed by atoms with Crippen LogP contribution < -0.4 is 0 Å². The third kappa shape index (κ3) is 10.6. The smallest absolute Gasteiger partial charge is 0.303 e. The van der Waals surface area contributed by atoms with E-state index in [1.165, 1.54) is 6.08 Å². The van der Waals surface area contributed by atoms with Gasteiger partial charge in [0.2, 0.25) is 0 Å². The molecule has 0 aromatic heterocycles. The average molecular weight is 395 g/mol. The number of aliphatic carboxylic acids is 1. The van der Waals surface area contributed by atoms with E-state index in [9.17, 15) is 20.1 Å². The Bertz CT molecular complexity index is 551. The highest BCUT2D eigenvalue weighted by Crippen LogP contribution is 2.26. The van der Waals surface area contributed by atoms with E-state index < -0.39 is 30.4 Å². The topological polar surface area (TPSA) is 107 Å². The molecular formula is C22H34O6. The number of aliphatic hydroxyl groups is 3. The zero-order valence-corrected chi connectivity index (χ0v) is 16.6. The van der Waals surface area contributed by atoms with Crippen LogP contribution in [0.3, 0.4) is 0 Å². The van der Waals surface area contributed by atoms with Gasteiger partial charge in [0.25, 0.3) is 0 Å². The number of carboxylic acid groups (broad SMARTS) is 1. The summed E-state index contributed by atoms with van der Waals surface area (Å²) >= 11 is 0. The second-order valence-corrected chi connectivity index (χ2v) is 6.92. The van der Waals surface area contributed by atoms with Crippen LogP contribution in [0.15, 0.2) is 48.6 Å². The van der Waals surface area contributed by atoms with Gasteiger partial charge in [0.15, 0.2) is 0 Å². The summed E-state index contributed by atoms with van der Waals surface area (Å²) in [5.41, 5.74) is 0. The van der Waals surface area contributed by atoms with Crippen molar-refractivity contribution in [2.45, 2.75) is 82.4 Å². The predicted octanol–water partition coefficient (Wildman–Crippen LogP) is 2.90. The average Bonchev–Trinajstić information content (AvgIpc) is 3.04. The van der Waals surface area contributed by atoms with Gasteiger partial charge in [0.1, 0.15) is 0 Å². The van der Waals surface area contributed by atoms with E-state index in [2.05, 4.69) is 0 Å². The molecule has 0 saturated carbocycles. The fourth-order valence-electron chi connectivity index (χ4n) is 2.79. The molecule has 0 bridgehead atoms. The van der Waals surface area contributed by atoms with Gasteiger partial charge in [-0.1, -0.05) is 55.5 Å². The van der Waals surface area contributed by atoms with Crippen molar-refractivity contribution in [1.82, 2.24) is 0 Å². The van der Waals surface area contributed by atoms with Gasteiger partial charge in [-0.15, -0.1) is 0 Å². The van der Waals surface area contributed by atoms with Crippen LogP contribution in [0, 0.1) is 0 Å². The number of ether oxygens (including phenoxy) is 1. The molecule has 5 atom stereocenters. The molecule has 0 unspecified atom stereocenters. The van der Waals surface area contributed by atoms with E-state index in [1.807, 2.05) is 43.4 Å². The Hall–Kier alpha value is -1.73. The Kier molecular flexibility index (Phi) is 12.4. The standard InChI is InChI=1S/C22H34O6/c1-2-17(23)14-15-18(24)21-16-19(25)20(28-21)12-10-8-6-4-3-5-7-9-11-13-22(26)27/h3-4,7-10,14-15,17-21,23-25H,2,5-6,11-13,16H2,1H3,(H,26,27)/b4-3-,9-7-,10-8-,15-14+/t17-,18-,19-,20+,21+/m0/s1. The van der Waals surface area contributed by atoms with E-state index in [4.69, 9.17) is 9.84 Å². The van der Waals surface area contributed by atoms with Crippen molar-refractivity contribution < 1.29 is 30.0 Å². The molecule has 4 N–H and O–H groups in total. The molecule has 6 heteroatoms. The first-order valence-electron chi connectivity index (χ1n) is 9.98. The molecule has 1 heterocycles. The van der Waals surface area contributed by atoms with Crippen molar-refractivity contribution in [3.8, 4) is 0 Å². The normalized spacial score (nSPS) is 25.5. The van der Waals surface area contributed by atoms with E-state index in [0.717, 1.165) is 12.8 Å². The molecule has 0 spiro atoms. The Labute approximate surface area is 167 Å². The minimum absolute atomic E-state index is 0.160. The molecule has 1 aliphatic rings. The third-order valence-corrected chi connectivity index (χ3v) is 4.52. The summed E-state index contributed by atoms with van der Waals surface area (Å²) in [6.45, 7) is 1.86. The summed E-state index contributed by atoms with van der Waals surface area (Å²) in [4.78, 5) is 10.4. The van der Waals surface area contributed by atoms with Crippen LogP contribution in [-0.2, 0) is 9.53 Å². The highest BCUT2D eigenvalue weighted by Gasteiger charge is 2.36. The minimum Gasteiger partial charge on any atom is -0.481 e. The Morgan fingerprint density at radius 3 is 2.36 bits per heavy atom. The zero-order valence-electron chi connectivity index (χ0n) is 16.6. The first-order chi connectivity index (χ1) is 13.4. The molecule has 1 rings (SSSR count). The lowest BCUT2D eigenvalue weighted by Crippen LogP contribution is -2.24. The fourth-order valence-corrected chi connectivity index (χ4v) is 2.79. The van der Waals surface area contributed by atoms with Gasteiger partial charge in [-0.05, 0) is 32.1 Å². The summed E-state index contributed by atoms with van der Waals surface area (Å²) in [7, 11) is 0. The number of allylic oxidation sites excluding steroid dienone is 5. The van der Waals surface area contributed by atoms with E-state index in [-0.39, 0.29) is 12.5 Å². The number of carboxylic acids is 1. The van der Waals surface area contributed by atoms with Gasteiger partial charge in [0, 0.05) is 12.8 Å². The third-order valence-electron chi connectivity index (χ3n) is 4.52. The van der Waals surface area contributed by atoms with Gasteiger partial charge >= 0.3 is 5.97 Å². The Balaban J connectivity index is 2.23. The molecule has 0 aromatic carbocycles. The summed E-state index contributed by atoms with van der Waals surface area (Å²) < 4.78 is 5.75. The van der Waals surface area contributed by atoms with Gasteiger partial charge in [0.05, 0.1) is 30.5 Å². The van der Waals surface area contributed by atoms with Crippen LogP contribution in [0.1, 0.15) is 51.9 Å². The highest BCUT2D eigenvalue weighted by atomic mass is 16.5. The lowest BCUT2D eigenvalue weighted by atomic mass is 10.0. The molecular weight excluding hydrogens is 360 g/mol. The maximum atomic E-state index is 10.4. The Morgan fingerprint density at radius 2 is 1.71 bits per heavy atom. The van der Waals surface area contributed by atoms with Gasteiger partial charge in [-0.2, -0.15) is 0 Å². The first-order valence-corrected chi connectivity index (χ1v) is 9.98. The van der Waals surface area contributed by atoms with Crippen molar-refractivity contribution in [3.63, 3.8) is 0 Å². The van der Waals surface area contributed by atoms with Gasteiger partial charge in [-0.25, -0.2) is 0 Å². The molecule has 0 aliphatic carbocycles. The summed E-state index contributed by atoms with van der Waals surface area (Å²) in [5.74, 6) is -0.783.